The van der Waals surface area contributed by atoms with Crippen LogP contribution in [0, 0.1) is 0 Å². The highest BCUT2D eigenvalue weighted by atomic mass is 16.5. The monoisotopic (exact) mass is 252 g/mol. The van der Waals surface area contributed by atoms with E-state index in [1.165, 1.54) is 0 Å². The smallest absolute Gasteiger partial charge is 0.319 e. The lowest BCUT2D eigenvalue weighted by atomic mass is 10.2. The van der Waals surface area contributed by atoms with Crippen LogP contribution >= 0.6 is 0 Å². The number of hydrogen-bond donors (Lipinski definition) is 3. The molecule has 0 aromatic heterocycles. The molecule has 0 fully saturated rings. The van der Waals surface area contributed by atoms with E-state index in [1.807, 2.05) is 26.0 Å². The van der Waals surface area contributed by atoms with Crippen LogP contribution in [0.3, 0.4) is 0 Å². The first-order chi connectivity index (χ1) is 8.71. The molecule has 0 aliphatic heterocycles. The minimum Gasteiger partial charge on any atom is -0.492 e. The molecule has 1 rings (SSSR count). The van der Waals surface area contributed by atoms with Crippen LogP contribution in [0.25, 0.3) is 0 Å². The molecular formula is C13H20N2O3. The van der Waals surface area contributed by atoms with Gasteiger partial charge < -0.3 is 20.5 Å². The number of hydrogen-bond acceptors (Lipinski definition) is 3. The number of amides is 2. The third kappa shape index (κ3) is 4.25. The molecule has 0 saturated heterocycles. The number of carbonyl (C=O) groups is 1. The average Bonchev–Trinajstić information content (AvgIpc) is 2.38. The fraction of sp³-hybridized carbons (Fsp3) is 0.462. The van der Waals surface area contributed by atoms with Crippen LogP contribution in [0.1, 0.15) is 20.3 Å². The van der Waals surface area contributed by atoms with Gasteiger partial charge in [0.05, 0.1) is 24.9 Å². The summed E-state index contributed by atoms with van der Waals surface area (Å²) in [5.41, 5.74) is 0.615. The van der Waals surface area contributed by atoms with Crippen molar-refractivity contribution in [2.24, 2.45) is 0 Å². The van der Waals surface area contributed by atoms with Crippen LogP contribution in [0.15, 0.2) is 24.3 Å². The SMILES string of the molecule is CCOc1ccccc1NC(=O)NC(CC)CO. The van der Waals surface area contributed by atoms with Gasteiger partial charge in [0.25, 0.3) is 0 Å². The second-order valence-corrected chi connectivity index (χ2v) is 3.82. The van der Waals surface area contributed by atoms with E-state index in [4.69, 9.17) is 9.84 Å². The van der Waals surface area contributed by atoms with Gasteiger partial charge in [0.1, 0.15) is 5.75 Å². The predicted molar refractivity (Wildman–Crippen MR) is 70.9 cm³/mol. The van der Waals surface area contributed by atoms with Gasteiger partial charge in [-0.2, -0.15) is 0 Å². The summed E-state index contributed by atoms with van der Waals surface area (Å²) in [6.07, 6.45) is 0.678. The molecule has 1 aromatic rings. The summed E-state index contributed by atoms with van der Waals surface area (Å²) in [5, 5.41) is 14.4. The number of para-hydroxylation sites is 2. The summed E-state index contributed by atoms with van der Waals surface area (Å²) in [5.74, 6) is 0.632. The molecular weight excluding hydrogens is 232 g/mol. The summed E-state index contributed by atoms with van der Waals surface area (Å²) in [7, 11) is 0. The number of aliphatic hydroxyl groups is 1. The maximum atomic E-state index is 11.7. The van der Waals surface area contributed by atoms with Crippen molar-refractivity contribution in [2.45, 2.75) is 26.3 Å². The van der Waals surface area contributed by atoms with Gasteiger partial charge in [-0.1, -0.05) is 19.1 Å². The minimum absolute atomic E-state index is 0.0724. The van der Waals surface area contributed by atoms with Crippen molar-refractivity contribution in [1.82, 2.24) is 5.32 Å². The van der Waals surface area contributed by atoms with Crippen LogP contribution < -0.4 is 15.4 Å². The van der Waals surface area contributed by atoms with Gasteiger partial charge in [0.15, 0.2) is 0 Å². The zero-order valence-corrected chi connectivity index (χ0v) is 10.8. The van der Waals surface area contributed by atoms with Crippen molar-refractivity contribution in [3.8, 4) is 5.75 Å². The van der Waals surface area contributed by atoms with Gasteiger partial charge in [0.2, 0.25) is 0 Å². The summed E-state index contributed by atoms with van der Waals surface area (Å²) in [6.45, 7) is 4.25. The lowest BCUT2D eigenvalue weighted by molar-refractivity contribution is 0.222. The maximum absolute atomic E-state index is 11.7. The molecule has 0 aliphatic carbocycles. The molecule has 0 saturated carbocycles. The fourth-order valence-corrected chi connectivity index (χ4v) is 1.47. The Hall–Kier alpha value is -1.75. The molecule has 0 aliphatic rings. The Kier molecular flexibility index (Phi) is 6.00. The van der Waals surface area contributed by atoms with E-state index in [1.54, 1.807) is 12.1 Å². The molecule has 0 radical (unpaired) electrons. The van der Waals surface area contributed by atoms with Crippen LogP contribution in [-0.2, 0) is 0 Å². The topological polar surface area (TPSA) is 70.6 Å². The fourth-order valence-electron chi connectivity index (χ4n) is 1.47. The number of rotatable bonds is 6. The molecule has 3 N–H and O–H groups in total. The zero-order chi connectivity index (χ0) is 13.4. The maximum Gasteiger partial charge on any atom is 0.319 e. The van der Waals surface area contributed by atoms with Crippen molar-refractivity contribution in [3.05, 3.63) is 24.3 Å². The lowest BCUT2D eigenvalue weighted by Gasteiger charge is -2.16. The lowest BCUT2D eigenvalue weighted by Crippen LogP contribution is -2.39. The van der Waals surface area contributed by atoms with E-state index in [0.717, 1.165) is 0 Å². The Morgan fingerprint density at radius 2 is 2.11 bits per heavy atom. The summed E-state index contributed by atoms with van der Waals surface area (Å²) < 4.78 is 5.40. The standard InChI is InChI=1S/C13H20N2O3/c1-3-10(9-16)14-13(17)15-11-7-5-6-8-12(11)18-4-2/h5-8,10,16H,3-4,9H2,1-2H3,(H2,14,15,17). The quantitative estimate of drug-likeness (QED) is 0.725. The van der Waals surface area contributed by atoms with Crippen molar-refractivity contribution in [1.29, 1.82) is 0 Å². The van der Waals surface area contributed by atoms with Gasteiger partial charge in [-0.25, -0.2) is 4.79 Å². The molecule has 18 heavy (non-hydrogen) atoms. The normalized spacial score (nSPS) is 11.7. The van der Waals surface area contributed by atoms with E-state index >= 15 is 0 Å². The summed E-state index contributed by atoms with van der Waals surface area (Å²) in [6, 6.07) is 6.65. The van der Waals surface area contributed by atoms with Crippen LogP contribution in [0.2, 0.25) is 0 Å². The number of benzene rings is 1. The van der Waals surface area contributed by atoms with E-state index in [2.05, 4.69) is 10.6 Å². The van der Waals surface area contributed by atoms with Crippen LogP contribution in [0.5, 0.6) is 5.75 Å². The average molecular weight is 252 g/mol. The Morgan fingerprint density at radius 3 is 2.72 bits per heavy atom. The molecule has 100 valence electrons. The third-order valence-corrected chi connectivity index (χ3v) is 2.48. The number of nitrogens with one attached hydrogen (secondary N) is 2. The van der Waals surface area contributed by atoms with Crippen LogP contribution in [0.4, 0.5) is 10.5 Å². The number of aliphatic hydroxyl groups excluding tert-OH is 1. The number of ether oxygens (including phenoxy) is 1. The zero-order valence-electron chi connectivity index (χ0n) is 10.8. The van der Waals surface area contributed by atoms with E-state index in [0.29, 0.717) is 24.5 Å². The highest BCUT2D eigenvalue weighted by Gasteiger charge is 2.11. The molecule has 0 bridgehead atoms. The highest BCUT2D eigenvalue weighted by Crippen LogP contribution is 2.23. The molecule has 0 heterocycles. The van der Waals surface area contributed by atoms with Crippen LogP contribution in [-0.4, -0.2) is 30.4 Å². The third-order valence-electron chi connectivity index (χ3n) is 2.48. The first-order valence-electron chi connectivity index (χ1n) is 6.11. The van der Waals surface area contributed by atoms with Gasteiger partial charge in [-0.3, -0.25) is 0 Å². The van der Waals surface area contributed by atoms with Gasteiger partial charge in [-0.15, -0.1) is 0 Å². The van der Waals surface area contributed by atoms with Crippen molar-refractivity contribution in [3.63, 3.8) is 0 Å². The second-order valence-electron chi connectivity index (χ2n) is 3.82. The minimum atomic E-state index is -0.344. The molecule has 5 heteroatoms. The number of carbonyl (C=O) groups excluding carboxylic acids is 1. The molecule has 0 spiro atoms. The first kappa shape index (κ1) is 14.3. The van der Waals surface area contributed by atoms with Gasteiger partial charge in [0, 0.05) is 0 Å². The predicted octanol–water partition coefficient (Wildman–Crippen LogP) is 1.98. The number of anilines is 1. The molecule has 2 amide bonds. The highest BCUT2D eigenvalue weighted by molar-refractivity contribution is 5.91. The molecule has 1 atom stereocenters. The van der Waals surface area contributed by atoms with E-state index in [9.17, 15) is 4.79 Å². The molecule has 1 aromatic carbocycles. The van der Waals surface area contributed by atoms with E-state index in [-0.39, 0.29) is 18.7 Å². The first-order valence-corrected chi connectivity index (χ1v) is 6.11. The Labute approximate surface area is 107 Å². The molecule has 1 unspecified atom stereocenters. The van der Waals surface area contributed by atoms with Gasteiger partial charge in [-0.05, 0) is 25.5 Å². The van der Waals surface area contributed by atoms with Gasteiger partial charge >= 0.3 is 6.03 Å². The largest absolute Gasteiger partial charge is 0.492 e. The summed E-state index contributed by atoms with van der Waals surface area (Å²) in [4.78, 5) is 11.7. The van der Waals surface area contributed by atoms with Crippen molar-refractivity contribution >= 4 is 11.7 Å². The van der Waals surface area contributed by atoms with Crippen molar-refractivity contribution in [2.75, 3.05) is 18.5 Å². The Balaban J connectivity index is 2.63. The molecule has 5 nitrogen and oxygen atoms in total. The van der Waals surface area contributed by atoms with Crippen molar-refractivity contribution < 1.29 is 14.6 Å². The van der Waals surface area contributed by atoms with E-state index < -0.39 is 0 Å². The number of urea groups is 1. The Bertz CT molecular complexity index is 378. The Morgan fingerprint density at radius 1 is 1.39 bits per heavy atom. The second kappa shape index (κ2) is 7.55. The summed E-state index contributed by atoms with van der Waals surface area (Å²) >= 11 is 0.